The first-order valence-electron chi connectivity index (χ1n) is 11.3. The highest BCUT2D eigenvalue weighted by molar-refractivity contribution is 5.73. The topological polar surface area (TPSA) is 73.9 Å². The molecule has 0 aliphatic heterocycles. The predicted molar refractivity (Wildman–Crippen MR) is 124 cm³/mol. The molecule has 31 heavy (non-hydrogen) atoms. The smallest absolute Gasteiger partial charge is 0.408 e. The number of hydrogen-bond acceptors (Lipinski definition) is 5. The molecule has 0 saturated heterocycles. The lowest BCUT2D eigenvalue weighted by Gasteiger charge is -2.26. The van der Waals surface area contributed by atoms with Crippen LogP contribution in [0.15, 0.2) is 18.2 Å². The van der Waals surface area contributed by atoms with Crippen molar-refractivity contribution in [3.63, 3.8) is 0 Å². The van der Waals surface area contributed by atoms with Crippen LogP contribution in [-0.2, 0) is 27.1 Å². The van der Waals surface area contributed by atoms with E-state index < -0.39 is 17.7 Å². The van der Waals surface area contributed by atoms with Crippen molar-refractivity contribution in [2.45, 2.75) is 78.9 Å². The first-order valence-corrected chi connectivity index (χ1v) is 11.3. The van der Waals surface area contributed by atoms with Gasteiger partial charge < -0.3 is 24.3 Å². The molecule has 176 valence electrons. The number of ether oxygens (including phenoxy) is 3. The second kappa shape index (κ2) is 13.4. The molecule has 2 atom stereocenters. The van der Waals surface area contributed by atoms with Crippen LogP contribution >= 0.6 is 0 Å². The summed E-state index contributed by atoms with van der Waals surface area (Å²) in [5.41, 5.74) is 1.74. The van der Waals surface area contributed by atoms with Crippen LogP contribution in [0.1, 0.15) is 65.5 Å². The molecule has 0 aliphatic rings. The predicted octanol–water partition coefficient (Wildman–Crippen LogP) is 4.96. The van der Waals surface area contributed by atoms with Gasteiger partial charge in [0.25, 0.3) is 0 Å². The highest BCUT2D eigenvalue weighted by Gasteiger charge is 2.24. The van der Waals surface area contributed by atoms with Crippen LogP contribution in [0.25, 0.3) is 0 Å². The fourth-order valence-corrected chi connectivity index (χ4v) is 3.37. The number of amides is 1. The molecule has 0 saturated carbocycles. The summed E-state index contributed by atoms with van der Waals surface area (Å²) in [6, 6.07) is 5.78. The Bertz CT molecular complexity index is 681. The van der Waals surface area contributed by atoms with E-state index in [1.807, 2.05) is 0 Å². The molecule has 0 fully saturated rings. The van der Waals surface area contributed by atoms with E-state index in [1.54, 1.807) is 27.9 Å². The molecule has 6 nitrogen and oxygen atoms in total. The molecular weight excluding hydrogens is 394 g/mol. The van der Waals surface area contributed by atoms with Gasteiger partial charge in [0.1, 0.15) is 17.6 Å². The summed E-state index contributed by atoms with van der Waals surface area (Å²) < 4.78 is 16.4. The van der Waals surface area contributed by atoms with Gasteiger partial charge >= 0.3 is 6.09 Å². The number of carbonyl (C=O) groups excluding carboxylic acids is 2. The number of nitrogens with one attached hydrogen (secondary N) is 1. The second-order valence-electron chi connectivity index (χ2n) is 9.32. The van der Waals surface area contributed by atoms with Crippen LogP contribution in [-0.4, -0.2) is 44.3 Å². The lowest BCUT2D eigenvalue weighted by molar-refractivity contribution is -0.110. The first-order chi connectivity index (χ1) is 14.6. The maximum atomic E-state index is 12.1. The van der Waals surface area contributed by atoms with Crippen molar-refractivity contribution in [2.75, 3.05) is 20.3 Å². The molecule has 1 rings (SSSR count). The quantitative estimate of drug-likeness (QED) is 0.350. The molecule has 0 aliphatic carbocycles. The van der Waals surface area contributed by atoms with Crippen molar-refractivity contribution in [1.82, 2.24) is 5.32 Å². The van der Waals surface area contributed by atoms with Gasteiger partial charge in [-0.15, -0.1) is 0 Å². The van der Waals surface area contributed by atoms with Gasteiger partial charge in [-0.05, 0) is 69.1 Å². The molecular formula is C25H41NO5. The van der Waals surface area contributed by atoms with Crippen molar-refractivity contribution in [3.05, 3.63) is 29.3 Å². The third kappa shape index (κ3) is 10.7. The Labute approximate surface area is 188 Å². The Morgan fingerprint density at radius 2 is 1.90 bits per heavy atom. The average Bonchev–Trinajstić information content (AvgIpc) is 2.68. The van der Waals surface area contributed by atoms with Crippen molar-refractivity contribution >= 4 is 12.4 Å². The van der Waals surface area contributed by atoms with E-state index in [0.29, 0.717) is 25.6 Å². The standard InChI is InChI=1S/C25H41NO5/c1-8-20-11-10-19(15-23(20)30-13-9-12-29-7)14-21(18(2)3)16-22(17-27)26-24(28)31-25(4,5)6/h10-11,15,17-18,21-22H,8-9,12-14,16H2,1-7H3,(H,26,28)/t21-,22-/m0/s1. The molecule has 0 bridgehead atoms. The summed E-state index contributed by atoms with van der Waals surface area (Å²) >= 11 is 0. The van der Waals surface area contributed by atoms with E-state index in [0.717, 1.165) is 31.3 Å². The van der Waals surface area contributed by atoms with Gasteiger partial charge in [0.05, 0.1) is 12.6 Å². The minimum absolute atomic E-state index is 0.221. The molecule has 6 heteroatoms. The van der Waals surface area contributed by atoms with Gasteiger partial charge in [0, 0.05) is 20.1 Å². The summed E-state index contributed by atoms with van der Waals surface area (Å²) in [5.74, 6) is 1.48. The van der Waals surface area contributed by atoms with E-state index in [9.17, 15) is 9.59 Å². The third-order valence-electron chi connectivity index (χ3n) is 5.13. The maximum absolute atomic E-state index is 12.1. The molecule has 0 unspecified atom stereocenters. The number of aldehydes is 1. The Morgan fingerprint density at radius 3 is 2.45 bits per heavy atom. The van der Waals surface area contributed by atoms with Gasteiger partial charge in [0.15, 0.2) is 0 Å². The highest BCUT2D eigenvalue weighted by atomic mass is 16.6. The molecule has 0 spiro atoms. The van der Waals surface area contributed by atoms with Gasteiger partial charge in [-0.3, -0.25) is 0 Å². The number of carbonyl (C=O) groups is 2. The molecule has 0 heterocycles. The average molecular weight is 436 g/mol. The fourth-order valence-electron chi connectivity index (χ4n) is 3.37. The zero-order valence-electron chi connectivity index (χ0n) is 20.3. The maximum Gasteiger partial charge on any atom is 0.408 e. The van der Waals surface area contributed by atoms with Crippen molar-refractivity contribution < 1.29 is 23.8 Å². The Balaban J connectivity index is 2.84. The number of benzene rings is 1. The van der Waals surface area contributed by atoms with Crippen molar-refractivity contribution in [2.24, 2.45) is 11.8 Å². The van der Waals surface area contributed by atoms with E-state index in [4.69, 9.17) is 14.2 Å². The van der Waals surface area contributed by atoms with Crippen LogP contribution in [0.2, 0.25) is 0 Å². The van der Waals surface area contributed by atoms with Crippen molar-refractivity contribution in [3.8, 4) is 5.75 Å². The van der Waals surface area contributed by atoms with Crippen LogP contribution in [0, 0.1) is 11.8 Å². The second-order valence-corrected chi connectivity index (χ2v) is 9.32. The molecule has 1 amide bonds. The molecule has 0 aromatic heterocycles. The van der Waals surface area contributed by atoms with E-state index >= 15 is 0 Å². The van der Waals surface area contributed by atoms with E-state index in [1.165, 1.54) is 11.1 Å². The van der Waals surface area contributed by atoms with Gasteiger partial charge in [-0.1, -0.05) is 32.9 Å². The molecule has 1 N–H and O–H groups in total. The molecule has 1 aromatic carbocycles. The molecule has 0 radical (unpaired) electrons. The highest BCUT2D eigenvalue weighted by Crippen LogP contribution is 2.27. The van der Waals surface area contributed by atoms with Crippen LogP contribution < -0.4 is 10.1 Å². The van der Waals surface area contributed by atoms with E-state index in [2.05, 4.69) is 44.3 Å². The number of alkyl carbamates (subject to hydrolysis) is 1. The zero-order valence-corrected chi connectivity index (χ0v) is 20.3. The van der Waals surface area contributed by atoms with Gasteiger partial charge in [0.2, 0.25) is 0 Å². The lowest BCUT2D eigenvalue weighted by Crippen LogP contribution is -2.41. The summed E-state index contributed by atoms with van der Waals surface area (Å²) in [5, 5.41) is 2.70. The number of aryl methyl sites for hydroxylation is 1. The zero-order chi connectivity index (χ0) is 23.4. The third-order valence-corrected chi connectivity index (χ3v) is 5.13. The summed E-state index contributed by atoms with van der Waals surface area (Å²) in [4.78, 5) is 23.7. The number of methoxy groups -OCH3 is 1. The monoisotopic (exact) mass is 435 g/mol. The first kappa shape index (κ1) is 27.0. The van der Waals surface area contributed by atoms with Gasteiger partial charge in [-0.25, -0.2) is 4.79 Å². The minimum atomic E-state index is -0.602. The van der Waals surface area contributed by atoms with Gasteiger partial charge in [-0.2, -0.15) is 0 Å². The lowest BCUT2D eigenvalue weighted by atomic mass is 9.84. The summed E-state index contributed by atoms with van der Waals surface area (Å²) in [7, 11) is 1.69. The summed E-state index contributed by atoms with van der Waals surface area (Å²) in [6.07, 6.45) is 3.34. The van der Waals surface area contributed by atoms with Crippen molar-refractivity contribution in [1.29, 1.82) is 0 Å². The Morgan fingerprint density at radius 1 is 1.19 bits per heavy atom. The largest absolute Gasteiger partial charge is 0.493 e. The van der Waals surface area contributed by atoms with E-state index in [-0.39, 0.29) is 5.92 Å². The fraction of sp³-hybridized carbons (Fsp3) is 0.680. The number of rotatable bonds is 13. The summed E-state index contributed by atoms with van der Waals surface area (Å²) in [6.45, 7) is 13.1. The SMILES string of the molecule is CCc1ccc(C[C@@H](C[C@@H](C=O)NC(=O)OC(C)(C)C)C(C)C)cc1OCCCOC. The number of hydrogen-bond donors (Lipinski definition) is 1. The Hall–Kier alpha value is -2.08. The van der Waals surface area contributed by atoms with Crippen LogP contribution in [0.3, 0.4) is 0 Å². The van der Waals surface area contributed by atoms with Crippen LogP contribution in [0.5, 0.6) is 5.75 Å². The Kier molecular flexibility index (Phi) is 11.6. The van der Waals surface area contributed by atoms with Crippen LogP contribution in [0.4, 0.5) is 4.79 Å². The normalized spacial score (nSPS) is 13.5. The minimum Gasteiger partial charge on any atom is -0.493 e. The molecule has 1 aromatic rings.